The molecule has 0 spiro atoms. The second-order valence-corrected chi connectivity index (χ2v) is 9.28. The number of ether oxygens (including phenoxy) is 2. The summed E-state index contributed by atoms with van der Waals surface area (Å²) in [5.74, 6) is 2.98. The standard InChI is InChI=1S/C25H31N3O3S/c1-18-7-6-10-23(15-18)31-16-21(29)17-32-25-27-26-24(19-11-13-22(30-2)14-12-19)28(25)20-8-4-3-5-9-20/h6-7,10-15,20-21,29H,3-5,8-9,16-17H2,1-2H3. The Hall–Kier alpha value is -2.51. The molecule has 6 nitrogen and oxygen atoms in total. The Morgan fingerprint density at radius 3 is 2.56 bits per heavy atom. The number of aromatic nitrogens is 3. The van der Waals surface area contributed by atoms with E-state index in [1.54, 1.807) is 18.9 Å². The number of benzene rings is 2. The number of aliphatic hydroxyl groups excluding tert-OH is 1. The van der Waals surface area contributed by atoms with Gasteiger partial charge in [0.2, 0.25) is 0 Å². The third kappa shape index (κ3) is 5.64. The van der Waals surface area contributed by atoms with Crippen LogP contribution in [-0.2, 0) is 0 Å². The molecular formula is C25H31N3O3S. The lowest BCUT2D eigenvalue weighted by Crippen LogP contribution is -2.21. The molecule has 0 saturated heterocycles. The maximum Gasteiger partial charge on any atom is 0.191 e. The molecule has 4 rings (SSSR count). The zero-order valence-electron chi connectivity index (χ0n) is 18.7. The van der Waals surface area contributed by atoms with Gasteiger partial charge in [-0.05, 0) is 61.7 Å². The van der Waals surface area contributed by atoms with Crippen LogP contribution < -0.4 is 9.47 Å². The fourth-order valence-corrected chi connectivity index (χ4v) is 5.01. The predicted molar refractivity (Wildman–Crippen MR) is 128 cm³/mol. The van der Waals surface area contributed by atoms with Crippen LogP contribution in [0.3, 0.4) is 0 Å². The van der Waals surface area contributed by atoms with Crippen LogP contribution in [0, 0.1) is 6.92 Å². The van der Waals surface area contributed by atoms with E-state index in [4.69, 9.17) is 9.47 Å². The van der Waals surface area contributed by atoms with E-state index in [0.29, 0.717) is 11.8 Å². The summed E-state index contributed by atoms with van der Waals surface area (Å²) >= 11 is 1.54. The molecule has 1 saturated carbocycles. The van der Waals surface area contributed by atoms with Gasteiger partial charge in [-0.3, -0.25) is 4.57 Å². The first-order chi connectivity index (χ1) is 15.6. The predicted octanol–water partition coefficient (Wildman–Crippen LogP) is 5.30. The van der Waals surface area contributed by atoms with Crippen LogP contribution in [-0.4, -0.2) is 45.4 Å². The van der Waals surface area contributed by atoms with E-state index in [0.717, 1.165) is 46.4 Å². The highest BCUT2D eigenvalue weighted by atomic mass is 32.2. The molecule has 1 heterocycles. The van der Waals surface area contributed by atoms with Crippen LogP contribution in [0.2, 0.25) is 0 Å². The van der Waals surface area contributed by atoms with Crippen molar-refractivity contribution in [2.75, 3.05) is 19.5 Å². The van der Waals surface area contributed by atoms with Crippen LogP contribution >= 0.6 is 11.8 Å². The Morgan fingerprint density at radius 2 is 1.84 bits per heavy atom. The van der Waals surface area contributed by atoms with E-state index in [-0.39, 0.29) is 6.61 Å². The molecule has 1 aliphatic carbocycles. The Balaban J connectivity index is 1.46. The van der Waals surface area contributed by atoms with E-state index < -0.39 is 6.10 Å². The minimum absolute atomic E-state index is 0.249. The summed E-state index contributed by atoms with van der Waals surface area (Å²) in [6.45, 7) is 2.27. The molecule has 1 N–H and O–H groups in total. The third-order valence-electron chi connectivity index (χ3n) is 5.79. The van der Waals surface area contributed by atoms with Crippen molar-refractivity contribution in [2.24, 2.45) is 0 Å². The molecule has 0 aliphatic heterocycles. The summed E-state index contributed by atoms with van der Waals surface area (Å²) in [5.41, 5.74) is 2.16. The highest BCUT2D eigenvalue weighted by molar-refractivity contribution is 7.99. The average Bonchev–Trinajstić information content (AvgIpc) is 3.26. The lowest BCUT2D eigenvalue weighted by Gasteiger charge is -2.26. The first-order valence-corrected chi connectivity index (χ1v) is 12.2. The van der Waals surface area contributed by atoms with Gasteiger partial charge in [0.1, 0.15) is 18.1 Å². The van der Waals surface area contributed by atoms with Gasteiger partial charge in [0.15, 0.2) is 11.0 Å². The number of aliphatic hydroxyl groups is 1. The van der Waals surface area contributed by atoms with Gasteiger partial charge in [0, 0.05) is 17.4 Å². The maximum absolute atomic E-state index is 10.5. The van der Waals surface area contributed by atoms with Crippen molar-refractivity contribution in [3.05, 3.63) is 54.1 Å². The summed E-state index contributed by atoms with van der Waals surface area (Å²) in [5, 5.41) is 20.4. The molecule has 32 heavy (non-hydrogen) atoms. The van der Waals surface area contributed by atoms with Crippen molar-refractivity contribution >= 4 is 11.8 Å². The number of hydrogen-bond donors (Lipinski definition) is 1. The van der Waals surface area contributed by atoms with Gasteiger partial charge in [-0.15, -0.1) is 10.2 Å². The van der Waals surface area contributed by atoms with E-state index in [2.05, 4.69) is 14.8 Å². The van der Waals surface area contributed by atoms with Gasteiger partial charge in [-0.1, -0.05) is 43.2 Å². The third-order valence-corrected chi connectivity index (χ3v) is 6.88. The summed E-state index contributed by atoms with van der Waals surface area (Å²) < 4.78 is 13.3. The van der Waals surface area contributed by atoms with Crippen molar-refractivity contribution in [2.45, 2.75) is 56.3 Å². The van der Waals surface area contributed by atoms with Crippen LogP contribution in [0.4, 0.5) is 0 Å². The Morgan fingerprint density at radius 1 is 1.06 bits per heavy atom. The summed E-state index contributed by atoms with van der Waals surface area (Å²) in [4.78, 5) is 0. The molecule has 0 amide bonds. The van der Waals surface area contributed by atoms with Crippen molar-refractivity contribution in [1.29, 1.82) is 0 Å². The molecule has 1 atom stereocenters. The number of aryl methyl sites for hydroxylation is 1. The van der Waals surface area contributed by atoms with Gasteiger partial charge < -0.3 is 14.6 Å². The number of hydrogen-bond acceptors (Lipinski definition) is 6. The fourth-order valence-electron chi connectivity index (χ4n) is 4.10. The van der Waals surface area contributed by atoms with Gasteiger partial charge in [-0.2, -0.15) is 0 Å². The Labute approximate surface area is 194 Å². The van der Waals surface area contributed by atoms with Crippen LogP contribution in [0.25, 0.3) is 11.4 Å². The highest BCUT2D eigenvalue weighted by Gasteiger charge is 2.24. The molecule has 1 aromatic heterocycles. The van der Waals surface area contributed by atoms with Crippen molar-refractivity contribution in [1.82, 2.24) is 14.8 Å². The van der Waals surface area contributed by atoms with Crippen LogP contribution in [0.15, 0.2) is 53.7 Å². The lowest BCUT2D eigenvalue weighted by molar-refractivity contribution is 0.126. The summed E-state index contributed by atoms with van der Waals surface area (Å²) in [7, 11) is 1.67. The highest BCUT2D eigenvalue weighted by Crippen LogP contribution is 2.36. The Kier molecular flexibility index (Phi) is 7.71. The monoisotopic (exact) mass is 453 g/mol. The van der Waals surface area contributed by atoms with Gasteiger partial charge in [0.25, 0.3) is 0 Å². The minimum atomic E-state index is -0.596. The van der Waals surface area contributed by atoms with Gasteiger partial charge >= 0.3 is 0 Å². The lowest BCUT2D eigenvalue weighted by atomic mass is 9.95. The van der Waals surface area contributed by atoms with Crippen molar-refractivity contribution in [3.8, 4) is 22.9 Å². The molecule has 2 aromatic carbocycles. The summed E-state index contributed by atoms with van der Waals surface area (Å²) in [6.07, 6.45) is 5.40. The molecule has 0 bridgehead atoms. The van der Waals surface area contributed by atoms with Crippen molar-refractivity contribution in [3.63, 3.8) is 0 Å². The molecule has 1 aliphatic rings. The van der Waals surface area contributed by atoms with E-state index in [1.807, 2.05) is 55.5 Å². The summed E-state index contributed by atoms with van der Waals surface area (Å²) in [6, 6.07) is 16.2. The molecule has 3 aromatic rings. The Bertz CT molecular complexity index is 1000. The van der Waals surface area contributed by atoms with Crippen LogP contribution in [0.1, 0.15) is 43.7 Å². The molecule has 1 unspecified atom stereocenters. The number of rotatable bonds is 9. The van der Waals surface area contributed by atoms with Crippen molar-refractivity contribution < 1.29 is 14.6 Å². The zero-order valence-corrected chi connectivity index (χ0v) is 19.6. The zero-order chi connectivity index (χ0) is 22.3. The van der Waals surface area contributed by atoms with E-state index in [1.165, 1.54) is 19.3 Å². The molecule has 1 fully saturated rings. The smallest absolute Gasteiger partial charge is 0.191 e. The molecule has 170 valence electrons. The van der Waals surface area contributed by atoms with E-state index in [9.17, 15) is 5.11 Å². The maximum atomic E-state index is 10.5. The molecular weight excluding hydrogens is 422 g/mol. The number of nitrogens with zero attached hydrogens (tertiary/aromatic N) is 3. The second-order valence-electron chi connectivity index (χ2n) is 8.29. The quantitative estimate of drug-likeness (QED) is 0.444. The largest absolute Gasteiger partial charge is 0.497 e. The van der Waals surface area contributed by atoms with Gasteiger partial charge in [-0.25, -0.2) is 0 Å². The van der Waals surface area contributed by atoms with Gasteiger partial charge in [0.05, 0.1) is 13.2 Å². The topological polar surface area (TPSA) is 69.4 Å². The first-order valence-electron chi connectivity index (χ1n) is 11.2. The molecule has 7 heteroatoms. The fraction of sp³-hybridized carbons (Fsp3) is 0.440. The number of thioether (sulfide) groups is 1. The average molecular weight is 454 g/mol. The second kappa shape index (κ2) is 10.9. The number of methoxy groups -OCH3 is 1. The minimum Gasteiger partial charge on any atom is -0.497 e. The van der Waals surface area contributed by atoms with E-state index >= 15 is 0 Å². The molecule has 0 radical (unpaired) electrons. The SMILES string of the molecule is COc1ccc(-c2nnc(SCC(O)COc3cccc(C)c3)n2C2CCCCC2)cc1. The van der Waals surface area contributed by atoms with Crippen LogP contribution in [0.5, 0.6) is 11.5 Å². The first kappa shape index (κ1) is 22.7. The normalized spacial score (nSPS) is 15.5.